The molecule has 350 valence electrons. The van der Waals surface area contributed by atoms with Gasteiger partial charge >= 0.3 is 0 Å². The summed E-state index contributed by atoms with van der Waals surface area (Å²) in [4.78, 5) is 2.52. The van der Waals surface area contributed by atoms with Crippen LogP contribution in [0.3, 0.4) is 0 Å². The van der Waals surface area contributed by atoms with Gasteiger partial charge in [0.05, 0.1) is 16.8 Å². The van der Waals surface area contributed by atoms with E-state index in [1.54, 1.807) is 0 Å². The fraction of sp³-hybridized carbons (Fsp3) is 0.0541. The maximum atomic E-state index is 2.52. The molecule has 3 aliphatic rings. The highest BCUT2D eigenvalue weighted by Gasteiger charge is 2.52. The number of hydrogen-bond acceptors (Lipinski definition) is 1. The van der Waals surface area contributed by atoms with E-state index in [2.05, 4.69) is 280 Å². The van der Waals surface area contributed by atoms with Gasteiger partial charge in [0.25, 0.3) is 0 Å². The van der Waals surface area contributed by atoms with E-state index in [9.17, 15) is 0 Å². The predicted octanol–water partition coefficient (Wildman–Crippen LogP) is 19.8. The van der Waals surface area contributed by atoms with E-state index in [4.69, 9.17) is 0 Å². The van der Waals surface area contributed by atoms with Gasteiger partial charge in [-0.1, -0.05) is 232 Å². The summed E-state index contributed by atoms with van der Waals surface area (Å²) in [5, 5.41) is 10.4. The van der Waals surface area contributed by atoms with Crippen molar-refractivity contribution in [2.45, 2.75) is 24.7 Å². The lowest BCUT2D eigenvalue weighted by molar-refractivity contribution is 0.662. The smallest absolute Gasteiger partial charge is 0.0726 e. The number of fused-ring (bicyclic) bond motifs is 21. The van der Waals surface area contributed by atoms with Gasteiger partial charge in [0.15, 0.2) is 0 Å². The number of rotatable bonds is 5. The highest BCUT2D eigenvalue weighted by Crippen LogP contribution is 2.65. The Bertz CT molecular complexity index is 4510. The molecule has 0 aliphatic heterocycles. The zero-order chi connectivity index (χ0) is 49.6. The van der Waals surface area contributed by atoms with Crippen LogP contribution in [-0.2, 0) is 10.8 Å². The van der Waals surface area contributed by atoms with E-state index in [0.29, 0.717) is 0 Å². The maximum absolute atomic E-state index is 2.52. The van der Waals surface area contributed by atoms with Gasteiger partial charge in [0.2, 0.25) is 0 Å². The summed E-state index contributed by atoms with van der Waals surface area (Å²) < 4.78 is 0. The number of para-hydroxylation sites is 1. The van der Waals surface area contributed by atoms with Crippen molar-refractivity contribution in [1.29, 1.82) is 0 Å². The van der Waals surface area contributed by atoms with Crippen molar-refractivity contribution in [2.24, 2.45) is 0 Å². The zero-order valence-electron chi connectivity index (χ0n) is 41.8. The summed E-state index contributed by atoms with van der Waals surface area (Å²) >= 11 is 0. The number of nitrogens with zero attached hydrogens (tertiary/aromatic N) is 1. The normalized spacial score (nSPS) is 13.9. The fourth-order valence-electron chi connectivity index (χ4n) is 14.2. The molecule has 0 amide bonds. The quantitative estimate of drug-likeness (QED) is 0.155. The van der Waals surface area contributed by atoms with Crippen LogP contribution in [0, 0.1) is 0 Å². The first kappa shape index (κ1) is 42.2. The molecule has 0 aromatic heterocycles. The van der Waals surface area contributed by atoms with Crippen LogP contribution in [-0.4, -0.2) is 0 Å². The Kier molecular flexibility index (Phi) is 8.79. The van der Waals surface area contributed by atoms with Crippen LogP contribution < -0.4 is 4.90 Å². The van der Waals surface area contributed by atoms with Gasteiger partial charge in [-0.05, 0) is 163 Å². The topological polar surface area (TPSA) is 3.24 Å². The van der Waals surface area contributed by atoms with Crippen molar-refractivity contribution in [1.82, 2.24) is 0 Å². The van der Waals surface area contributed by atoms with Gasteiger partial charge in [-0.25, -0.2) is 0 Å². The first-order valence-corrected chi connectivity index (χ1v) is 26.4. The van der Waals surface area contributed by atoms with E-state index < -0.39 is 5.41 Å². The van der Waals surface area contributed by atoms with Crippen molar-refractivity contribution in [2.75, 3.05) is 4.90 Å². The van der Waals surface area contributed by atoms with Crippen LogP contribution in [0.2, 0.25) is 0 Å². The third kappa shape index (κ3) is 5.73. The number of benzene rings is 13. The summed E-state index contributed by atoms with van der Waals surface area (Å²) in [6, 6.07) is 98.2. The average Bonchev–Trinajstić information content (AvgIpc) is 4.15. The van der Waals surface area contributed by atoms with Crippen LogP contribution in [0.4, 0.5) is 17.1 Å². The van der Waals surface area contributed by atoms with E-state index in [1.165, 1.54) is 132 Å². The first-order valence-electron chi connectivity index (χ1n) is 26.4. The number of hydrogen-bond donors (Lipinski definition) is 0. The second kappa shape index (κ2) is 15.6. The highest BCUT2D eigenvalue weighted by molar-refractivity contribution is 6.27. The van der Waals surface area contributed by atoms with E-state index in [1.807, 2.05) is 0 Å². The van der Waals surface area contributed by atoms with Crippen molar-refractivity contribution in [3.8, 4) is 55.6 Å². The SMILES string of the molecule is CC1(C)c2cc3c4ccc(-c5ccc(N(c6ccccc6-c6ccccc6)c6cccc7c6-c6ccccc6C76c7ccccc7-c7ccccc76)cc5)cc4c4ccccc4c3cc2-c2c1ccc1ccccc21. The molecule has 16 rings (SSSR count). The Morgan fingerprint density at radius 1 is 0.267 bits per heavy atom. The van der Waals surface area contributed by atoms with Gasteiger partial charge in [-0.3, -0.25) is 0 Å². The zero-order valence-corrected chi connectivity index (χ0v) is 41.8. The third-order valence-electron chi connectivity index (χ3n) is 17.4. The molecule has 0 unspecified atom stereocenters. The first-order chi connectivity index (χ1) is 37.0. The highest BCUT2D eigenvalue weighted by atomic mass is 15.1. The molecular formula is C74H49N. The monoisotopic (exact) mass is 951 g/mol. The maximum Gasteiger partial charge on any atom is 0.0726 e. The van der Waals surface area contributed by atoms with Crippen LogP contribution in [0.1, 0.15) is 47.2 Å². The van der Waals surface area contributed by atoms with Gasteiger partial charge in [-0.15, -0.1) is 0 Å². The summed E-state index contributed by atoms with van der Waals surface area (Å²) in [6.07, 6.45) is 0. The Labute approximate surface area is 437 Å². The van der Waals surface area contributed by atoms with E-state index in [0.717, 1.165) is 17.1 Å². The molecule has 0 radical (unpaired) electrons. The minimum Gasteiger partial charge on any atom is -0.309 e. The molecule has 0 N–H and O–H groups in total. The van der Waals surface area contributed by atoms with Crippen LogP contribution in [0.5, 0.6) is 0 Å². The molecule has 0 atom stereocenters. The standard InChI is InChI=1S/C74H49N/c1-73(2)66-42-38-48-21-6-7-23-52(48)71(66)62-44-60-54-25-9-8-24-53(54)59-43-49(37-41-55(59)61(60)45-68(62)73)46-35-39-50(40-36-46)75(69-33-17-13-22-51(69)47-19-4-3-5-20-47)70-34-18-32-67-72(70)58-28-12-16-31-65(58)74(67)63-29-14-10-26-56(63)57-27-11-15-30-64(57)74/h3-45H,1-2H3. The van der Waals surface area contributed by atoms with E-state index >= 15 is 0 Å². The van der Waals surface area contributed by atoms with Crippen molar-refractivity contribution < 1.29 is 0 Å². The molecule has 1 heteroatoms. The molecule has 0 bridgehead atoms. The van der Waals surface area contributed by atoms with Crippen molar-refractivity contribution in [3.05, 3.63) is 294 Å². The lowest BCUT2D eigenvalue weighted by atomic mass is 9.70. The molecule has 13 aromatic rings. The molecule has 0 fully saturated rings. The largest absolute Gasteiger partial charge is 0.309 e. The fourth-order valence-corrected chi connectivity index (χ4v) is 14.2. The second-order valence-electron chi connectivity index (χ2n) is 21.4. The Hall–Kier alpha value is -9.30. The average molecular weight is 952 g/mol. The van der Waals surface area contributed by atoms with Crippen LogP contribution in [0.15, 0.2) is 261 Å². The summed E-state index contributed by atoms with van der Waals surface area (Å²) in [7, 11) is 0. The van der Waals surface area contributed by atoms with Gasteiger partial charge in [-0.2, -0.15) is 0 Å². The van der Waals surface area contributed by atoms with Crippen molar-refractivity contribution >= 4 is 60.2 Å². The molecular weight excluding hydrogens is 903 g/mol. The molecule has 0 heterocycles. The Morgan fingerprint density at radius 2 is 0.800 bits per heavy atom. The van der Waals surface area contributed by atoms with Gasteiger partial charge in [0.1, 0.15) is 0 Å². The third-order valence-corrected chi connectivity index (χ3v) is 17.4. The van der Waals surface area contributed by atoms with Gasteiger partial charge in [0, 0.05) is 22.2 Å². The molecule has 1 spiro atoms. The van der Waals surface area contributed by atoms with Gasteiger partial charge < -0.3 is 4.90 Å². The lowest BCUT2D eigenvalue weighted by Crippen LogP contribution is -2.26. The van der Waals surface area contributed by atoms with Crippen molar-refractivity contribution in [3.63, 3.8) is 0 Å². The summed E-state index contributed by atoms with van der Waals surface area (Å²) in [6.45, 7) is 4.80. The van der Waals surface area contributed by atoms with Crippen LogP contribution in [0.25, 0.3) is 98.7 Å². The molecule has 3 aliphatic carbocycles. The Balaban J connectivity index is 0.878. The molecule has 1 nitrogen and oxygen atoms in total. The predicted molar refractivity (Wildman–Crippen MR) is 316 cm³/mol. The second-order valence-corrected chi connectivity index (χ2v) is 21.4. The minimum absolute atomic E-state index is 0.129. The van der Waals surface area contributed by atoms with Crippen LogP contribution >= 0.6 is 0 Å². The summed E-state index contributed by atoms with van der Waals surface area (Å²) in [5.41, 5.74) is 23.6. The molecule has 0 saturated heterocycles. The Morgan fingerprint density at radius 3 is 1.53 bits per heavy atom. The number of anilines is 3. The molecule has 13 aromatic carbocycles. The molecule has 0 saturated carbocycles. The lowest BCUT2D eigenvalue weighted by Gasteiger charge is -2.32. The minimum atomic E-state index is -0.453. The summed E-state index contributed by atoms with van der Waals surface area (Å²) in [5.74, 6) is 0. The molecule has 75 heavy (non-hydrogen) atoms. The van der Waals surface area contributed by atoms with E-state index in [-0.39, 0.29) is 5.41 Å².